The molecule has 3 nitrogen and oxygen atoms in total. The maximum atomic E-state index is 6.29. The molecule has 3 rings (SSSR count). The lowest BCUT2D eigenvalue weighted by Crippen LogP contribution is -2.19. The summed E-state index contributed by atoms with van der Waals surface area (Å²) in [5, 5.41) is 4.86. The molecule has 0 spiro atoms. The Balaban J connectivity index is 1.83. The highest BCUT2D eigenvalue weighted by molar-refractivity contribution is 6.31. The van der Waals surface area contributed by atoms with Gasteiger partial charge in [0.2, 0.25) is 0 Å². The Morgan fingerprint density at radius 1 is 1.53 bits per heavy atom. The molecule has 3 unspecified atom stereocenters. The normalized spacial score (nSPS) is 35.3. The first-order valence-electron chi connectivity index (χ1n) is 5.63. The molecular formula is C11H16ClN3. The van der Waals surface area contributed by atoms with Crippen molar-refractivity contribution in [1.82, 2.24) is 9.78 Å². The fraction of sp³-hybridized carbons (Fsp3) is 0.727. The average Bonchev–Trinajstić information content (AvgIpc) is 2.58. The highest BCUT2D eigenvalue weighted by Gasteiger charge is 2.55. The number of aromatic nitrogens is 2. The van der Waals surface area contributed by atoms with Crippen molar-refractivity contribution in [2.75, 3.05) is 0 Å². The standard InChI is InChI=1S/C11H16ClN3/c1-15-11(8(12)5-14-15)10(13)9-6-3-2-4-7(6)9/h5-7,9-10H,2-4,13H2,1H3. The van der Waals surface area contributed by atoms with Crippen molar-refractivity contribution in [3.05, 3.63) is 16.9 Å². The molecule has 2 saturated carbocycles. The van der Waals surface area contributed by atoms with E-state index in [9.17, 15) is 0 Å². The van der Waals surface area contributed by atoms with Gasteiger partial charge in [-0.2, -0.15) is 5.10 Å². The second kappa shape index (κ2) is 3.22. The molecule has 0 radical (unpaired) electrons. The molecule has 2 aliphatic rings. The van der Waals surface area contributed by atoms with Crippen LogP contribution in [0.4, 0.5) is 0 Å². The summed E-state index contributed by atoms with van der Waals surface area (Å²) in [6.07, 6.45) is 5.80. The van der Waals surface area contributed by atoms with Gasteiger partial charge in [-0.15, -0.1) is 0 Å². The third kappa shape index (κ3) is 1.33. The van der Waals surface area contributed by atoms with E-state index in [1.165, 1.54) is 19.3 Å². The van der Waals surface area contributed by atoms with E-state index in [2.05, 4.69) is 5.10 Å². The molecule has 15 heavy (non-hydrogen) atoms. The van der Waals surface area contributed by atoms with Gasteiger partial charge in [0, 0.05) is 7.05 Å². The fourth-order valence-corrected chi connectivity index (χ4v) is 3.68. The minimum Gasteiger partial charge on any atom is -0.322 e. The van der Waals surface area contributed by atoms with Crippen LogP contribution in [0.3, 0.4) is 0 Å². The highest BCUT2D eigenvalue weighted by Crippen LogP contribution is 2.61. The van der Waals surface area contributed by atoms with E-state index < -0.39 is 0 Å². The number of nitrogens with two attached hydrogens (primary N) is 1. The van der Waals surface area contributed by atoms with Crippen LogP contribution in [-0.4, -0.2) is 9.78 Å². The molecule has 2 fully saturated rings. The van der Waals surface area contributed by atoms with Gasteiger partial charge in [-0.1, -0.05) is 18.0 Å². The zero-order chi connectivity index (χ0) is 10.6. The monoisotopic (exact) mass is 225 g/mol. The van der Waals surface area contributed by atoms with Crippen molar-refractivity contribution >= 4 is 11.6 Å². The number of nitrogens with zero attached hydrogens (tertiary/aromatic N) is 2. The smallest absolute Gasteiger partial charge is 0.0834 e. The summed E-state index contributed by atoms with van der Waals surface area (Å²) < 4.78 is 1.82. The second-order valence-electron chi connectivity index (χ2n) is 4.86. The molecule has 2 N–H and O–H groups in total. The number of hydrogen-bond donors (Lipinski definition) is 1. The summed E-state index contributed by atoms with van der Waals surface area (Å²) in [5.41, 5.74) is 7.30. The largest absolute Gasteiger partial charge is 0.322 e. The molecule has 82 valence electrons. The maximum Gasteiger partial charge on any atom is 0.0834 e. The molecule has 1 aromatic heterocycles. The first-order chi connectivity index (χ1) is 7.20. The Bertz CT molecular complexity index is 358. The Labute approximate surface area is 94.6 Å². The Kier molecular flexibility index (Phi) is 2.08. The van der Waals surface area contributed by atoms with Crippen LogP contribution in [0.15, 0.2) is 6.20 Å². The fourth-order valence-electron chi connectivity index (χ4n) is 3.39. The van der Waals surface area contributed by atoms with E-state index >= 15 is 0 Å². The van der Waals surface area contributed by atoms with Gasteiger partial charge in [0.1, 0.15) is 0 Å². The van der Waals surface area contributed by atoms with Gasteiger partial charge >= 0.3 is 0 Å². The van der Waals surface area contributed by atoms with Crippen molar-refractivity contribution in [1.29, 1.82) is 0 Å². The molecule has 0 saturated heterocycles. The Morgan fingerprint density at radius 3 is 2.73 bits per heavy atom. The molecule has 0 amide bonds. The minimum atomic E-state index is 0.0836. The van der Waals surface area contributed by atoms with Crippen molar-refractivity contribution in [2.24, 2.45) is 30.5 Å². The molecule has 0 bridgehead atoms. The second-order valence-corrected chi connectivity index (χ2v) is 5.27. The lowest BCUT2D eigenvalue weighted by atomic mass is 10.0. The van der Waals surface area contributed by atoms with Crippen LogP contribution in [0.2, 0.25) is 5.02 Å². The van der Waals surface area contributed by atoms with Crippen molar-refractivity contribution in [3.63, 3.8) is 0 Å². The molecule has 0 aliphatic heterocycles. The van der Waals surface area contributed by atoms with Gasteiger partial charge in [0.05, 0.1) is 23.0 Å². The third-order valence-corrected chi connectivity index (χ3v) is 4.43. The predicted molar refractivity (Wildman–Crippen MR) is 59.5 cm³/mol. The van der Waals surface area contributed by atoms with E-state index in [0.717, 1.165) is 22.6 Å². The topological polar surface area (TPSA) is 43.8 Å². The van der Waals surface area contributed by atoms with Crippen LogP contribution in [-0.2, 0) is 7.05 Å². The first-order valence-corrected chi connectivity index (χ1v) is 6.01. The molecule has 3 atom stereocenters. The summed E-state index contributed by atoms with van der Waals surface area (Å²) in [6, 6.07) is 0.0836. The van der Waals surface area contributed by atoms with E-state index in [4.69, 9.17) is 17.3 Å². The number of rotatable bonds is 2. The van der Waals surface area contributed by atoms with Gasteiger partial charge in [-0.3, -0.25) is 4.68 Å². The lowest BCUT2D eigenvalue weighted by molar-refractivity contribution is 0.476. The van der Waals surface area contributed by atoms with E-state index in [1.54, 1.807) is 6.20 Å². The molecule has 0 aromatic carbocycles. The van der Waals surface area contributed by atoms with Crippen LogP contribution in [0, 0.1) is 17.8 Å². The molecule has 2 aliphatic carbocycles. The zero-order valence-electron chi connectivity index (χ0n) is 8.86. The van der Waals surface area contributed by atoms with Crippen LogP contribution < -0.4 is 5.73 Å². The van der Waals surface area contributed by atoms with Gasteiger partial charge in [-0.05, 0) is 30.6 Å². The number of aryl methyl sites for hydroxylation is 1. The first kappa shape index (κ1) is 9.67. The third-order valence-electron chi connectivity index (χ3n) is 4.14. The van der Waals surface area contributed by atoms with Gasteiger partial charge in [-0.25, -0.2) is 0 Å². The van der Waals surface area contributed by atoms with Gasteiger partial charge < -0.3 is 5.73 Å². The van der Waals surface area contributed by atoms with Crippen LogP contribution in [0.5, 0.6) is 0 Å². The Hall–Kier alpha value is -0.540. The van der Waals surface area contributed by atoms with Crippen LogP contribution in [0.25, 0.3) is 0 Å². The van der Waals surface area contributed by atoms with Crippen LogP contribution in [0.1, 0.15) is 31.0 Å². The summed E-state index contributed by atoms with van der Waals surface area (Å²) in [5.74, 6) is 2.39. The van der Waals surface area contributed by atoms with E-state index in [0.29, 0.717) is 5.92 Å². The highest BCUT2D eigenvalue weighted by atomic mass is 35.5. The molecular weight excluding hydrogens is 210 g/mol. The molecule has 1 heterocycles. The SMILES string of the molecule is Cn1ncc(Cl)c1C(N)C1C2CCCC21. The summed E-state index contributed by atoms with van der Waals surface area (Å²) >= 11 is 6.11. The van der Waals surface area contributed by atoms with Crippen molar-refractivity contribution in [3.8, 4) is 0 Å². The summed E-state index contributed by atoms with van der Waals surface area (Å²) in [4.78, 5) is 0. The van der Waals surface area contributed by atoms with Crippen LogP contribution >= 0.6 is 11.6 Å². The number of hydrogen-bond acceptors (Lipinski definition) is 2. The summed E-state index contributed by atoms with van der Waals surface area (Å²) in [6.45, 7) is 0. The van der Waals surface area contributed by atoms with Crippen molar-refractivity contribution < 1.29 is 0 Å². The maximum absolute atomic E-state index is 6.29. The quantitative estimate of drug-likeness (QED) is 0.838. The Morgan fingerprint density at radius 2 is 2.20 bits per heavy atom. The predicted octanol–water partition coefficient (Wildman–Crippen LogP) is 2.12. The van der Waals surface area contributed by atoms with E-state index in [1.807, 2.05) is 11.7 Å². The lowest BCUT2D eigenvalue weighted by Gasteiger charge is -2.14. The molecule has 4 heteroatoms. The van der Waals surface area contributed by atoms with Gasteiger partial charge in [0.15, 0.2) is 0 Å². The molecule has 1 aromatic rings. The van der Waals surface area contributed by atoms with Gasteiger partial charge in [0.25, 0.3) is 0 Å². The zero-order valence-corrected chi connectivity index (χ0v) is 9.61. The number of fused-ring (bicyclic) bond motifs is 1. The van der Waals surface area contributed by atoms with Crippen molar-refractivity contribution in [2.45, 2.75) is 25.3 Å². The average molecular weight is 226 g/mol. The van der Waals surface area contributed by atoms with E-state index in [-0.39, 0.29) is 6.04 Å². The minimum absolute atomic E-state index is 0.0836. The summed E-state index contributed by atoms with van der Waals surface area (Å²) in [7, 11) is 1.92. The number of halogens is 1.